The Bertz CT molecular complexity index is 497. The highest BCUT2D eigenvalue weighted by Gasteiger charge is 2.12. The molecule has 5 heteroatoms. The fourth-order valence-electron chi connectivity index (χ4n) is 2.30. The van der Waals surface area contributed by atoms with Crippen LogP contribution in [0.5, 0.6) is 5.75 Å². The van der Waals surface area contributed by atoms with Crippen LogP contribution in [0.2, 0.25) is 0 Å². The van der Waals surface area contributed by atoms with Gasteiger partial charge in [-0.25, -0.2) is 13.1 Å². The van der Waals surface area contributed by atoms with Gasteiger partial charge in [0.05, 0.1) is 12.0 Å². The summed E-state index contributed by atoms with van der Waals surface area (Å²) in [4.78, 5) is 0.285. The van der Waals surface area contributed by atoms with Crippen LogP contribution in [0.25, 0.3) is 0 Å². The van der Waals surface area contributed by atoms with Crippen molar-refractivity contribution in [1.82, 2.24) is 4.72 Å². The zero-order valence-corrected chi connectivity index (χ0v) is 14.6. The van der Waals surface area contributed by atoms with Gasteiger partial charge in [0, 0.05) is 6.54 Å². The summed E-state index contributed by atoms with van der Waals surface area (Å²) in [7, 11) is -1.84. The van der Waals surface area contributed by atoms with Crippen molar-refractivity contribution in [3.05, 3.63) is 24.3 Å². The molecule has 1 rings (SSSR count). The average Bonchev–Trinajstić information content (AvgIpc) is 2.53. The van der Waals surface area contributed by atoms with Gasteiger partial charge in [0.25, 0.3) is 0 Å². The minimum absolute atomic E-state index is 0.285. The lowest BCUT2D eigenvalue weighted by Gasteiger charge is -2.07. The maximum atomic E-state index is 12.1. The molecule has 1 aromatic rings. The molecule has 0 atom stereocenters. The number of sulfonamides is 1. The third kappa shape index (κ3) is 7.27. The SMILES string of the molecule is CCCCCCCCCCNS(=O)(=O)c1ccc(OC)cc1. The second-order valence-corrected chi connectivity index (χ2v) is 7.32. The second-order valence-electron chi connectivity index (χ2n) is 5.55. The molecule has 4 nitrogen and oxygen atoms in total. The van der Waals surface area contributed by atoms with E-state index in [0.717, 1.165) is 12.8 Å². The summed E-state index contributed by atoms with van der Waals surface area (Å²) >= 11 is 0. The molecule has 0 aliphatic heterocycles. The van der Waals surface area contributed by atoms with E-state index in [1.54, 1.807) is 31.4 Å². The fourth-order valence-corrected chi connectivity index (χ4v) is 3.38. The molecule has 0 aliphatic carbocycles. The number of hydrogen-bond donors (Lipinski definition) is 1. The third-order valence-electron chi connectivity index (χ3n) is 3.69. The summed E-state index contributed by atoms with van der Waals surface area (Å²) in [6.45, 7) is 2.72. The quantitative estimate of drug-likeness (QED) is 0.588. The summed E-state index contributed by atoms with van der Waals surface area (Å²) in [5.41, 5.74) is 0. The Balaban J connectivity index is 2.20. The molecule has 0 saturated heterocycles. The molecule has 0 saturated carbocycles. The van der Waals surface area contributed by atoms with Crippen molar-refractivity contribution >= 4 is 10.0 Å². The fraction of sp³-hybridized carbons (Fsp3) is 0.647. The van der Waals surface area contributed by atoms with E-state index >= 15 is 0 Å². The van der Waals surface area contributed by atoms with E-state index < -0.39 is 10.0 Å². The zero-order chi connectivity index (χ0) is 16.3. The van der Waals surface area contributed by atoms with Gasteiger partial charge in [0.15, 0.2) is 0 Å². The molecule has 0 bridgehead atoms. The second kappa shape index (κ2) is 10.6. The molecule has 0 spiro atoms. The summed E-state index contributed by atoms with van der Waals surface area (Å²) in [6.07, 6.45) is 9.63. The summed E-state index contributed by atoms with van der Waals surface area (Å²) < 4.78 is 31.9. The van der Waals surface area contributed by atoms with Crippen LogP contribution in [-0.4, -0.2) is 22.1 Å². The third-order valence-corrected chi connectivity index (χ3v) is 5.17. The molecule has 0 unspecified atom stereocenters. The Morgan fingerprint density at radius 2 is 1.45 bits per heavy atom. The first-order valence-electron chi connectivity index (χ1n) is 8.24. The van der Waals surface area contributed by atoms with Crippen LogP contribution in [0.1, 0.15) is 58.3 Å². The Hall–Kier alpha value is -1.07. The van der Waals surface area contributed by atoms with Crippen LogP contribution in [0.4, 0.5) is 0 Å². The molecule has 0 radical (unpaired) electrons. The maximum Gasteiger partial charge on any atom is 0.240 e. The van der Waals surface area contributed by atoms with E-state index in [1.165, 1.54) is 38.5 Å². The summed E-state index contributed by atoms with van der Waals surface area (Å²) in [5, 5.41) is 0. The van der Waals surface area contributed by atoms with Gasteiger partial charge in [-0.1, -0.05) is 51.9 Å². The standard InChI is InChI=1S/C17H29NO3S/c1-3-4-5-6-7-8-9-10-15-18-22(19,20)17-13-11-16(21-2)12-14-17/h11-14,18H,3-10,15H2,1-2H3. The molecule has 0 heterocycles. The number of unbranched alkanes of at least 4 members (excludes halogenated alkanes) is 7. The van der Waals surface area contributed by atoms with E-state index in [-0.39, 0.29) is 4.90 Å². The molecular weight excluding hydrogens is 298 g/mol. The molecular formula is C17H29NO3S. The molecule has 0 aromatic heterocycles. The molecule has 0 fully saturated rings. The molecule has 0 amide bonds. The van der Waals surface area contributed by atoms with Crippen molar-refractivity contribution in [3.8, 4) is 5.75 Å². The Morgan fingerprint density at radius 3 is 2.00 bits per heavy atom. The smallest absolute Gasteiger partial charge is 0.240 e. The van der Waals surface area contributed by atoms with Crippen molar-refractivity contribution in [2.24, 2.45) is 0 Å². The molecule has 1 N–H and O–H groups in total. The van der Waals surface area contributed by atoms with Crippen LogP contribution in [-0.2, 0) is 10.0 Å². The lowest BCUT2D eigenvalue weighted by atomic mass is 10.1. The molecule has 126 valence electrons. The monoisotopic (exact) mass is 327 g/mol. The van der Waals surface area contributed by atoms with Gasteiger partial charge in [0.2, 0.25) is 10.0 Å². The summed E-state index contributed by atoms with van der Waals surface area (Å²) in [5.74, 6) is 0.655. The first-order chi connectivity index (χ1) is 10.6. The van der Waals surface area contributed by atoms with Crippen molar-refractivity contribution in [3.63, 3.8) is 0 Å². The Morgan fingerprint density at radius 1 is 0.909 bits per heavy atom. The predicted octanol–water partition coefficient (Wildman–Crippen LogP) is 4.11. The Labute approximate surface area is 135 Å². The van der Waals surface area contributed by atoms with Crippen molar-refractivity contribution in [2.45, 2.75) is 63.2 Å². The lowest BCUT2D eigenvalue weighted by Crippen LogP contribution is -2.24. The van der Waals surface area contributed by atoms with Gasteiger partial charge in [-0.05, 0) is 30.7 Å². The first kappa shape index (κ1) is 19.0. The topological polar surface area (TPSA) is 55.4 Å². The number of methoxy groups -OCH3 is 1. The first-order valence-corrected chi connectivity index (χ1v) is 9.72. The van der Waals surface area contributed by atoms with Crippen molar-refractivity contribution in [2.75, 3.05) is 13.7 Å². The number of benzene rings is 1. The maximum absolute atomic E-state index is 12.1. The van der Waals surface area contributed by atoms with Crippen LogP contribution in [0, 0.1) is 0 Å². The number of nitrogens with one attached hydrogen (secondary N) is 1. The largest absolute Gasteiger partial charge is 0.497 e. The summed E-state index contributed by atoms with van der Waals surface area (Å²) in [6, 6.07) is 6.44. The van der Waals surface area contributed by atoms with Crippen LogP contribution in [0.15, 0.2) is 29.2 Å². The minimum Gasteiger partial charge on any atom is -0.497 e. The Kier molecular flexibility index (Phi) is 9.16. The van der Waals surface area contributed by atoms with Crippen molar-refractivity contribution in [1.29, 1.82) is 0 Å². The van der Waals surface area contributed by atoms with Crippen LogP contribution in [0.3, 0.4) is 0 Å². The van der Waals surface area contributed by atoms with Gasteiger partial charge < -0.3 is 4.74 Å². The van der Waals surface area contributed by atoms with Crippen molar-refractivity contribution < 1.29 is 13.2 Å². The van der Waals surface area contributed by atoms with Gasteiger partial charge in [0.1, 0.15) is 5.75 Å². The van der Waals surface area contributed by atoms with Gasteiger partial charge in [-0.3, -0.25) is 0 Å². The molecule has 0 aliphatic rings. The zero-order valence-electron chi connectivity index (χ0n) is 13.8. The van der Waals surface area contributed by atoms with Gasteiger partial charge in [-0.2, -0.15) is 0 Å². The van der Waals surface area contributed by atoms with Gasteiger partial charge >= 0.3 is 0 Å². The average molecular weight is 327 g/mol. The van der Waals surface area contributed by atoms with Gasteiger partial charge in [-0.15, -0.1) is 0 Å². The highest BCUT2D eigenvalue weighted by Crippen LogP contribution is 2.15. The van der Waals surface area contributed by atoms with E-state index in [0.29, 0.717) is 12.3 Å². The number of rotatable bonds is 12. The lowest BCUT2D eigenvalue weighted by molar-refractivity contribution is 0.414. The van der Waals surface area contributed by atoms with E-state index in [9.17, 15) is 8.42 Å². The molecule has 22 heavy (non-hydrogen) atoms. The van der Waals surface area contributed by atoms with Crippen LogP contribution >= 0.6 is 0 Å². The minimum atomic E-state index is -3.40. The van der Waals surface area contributed by atoms with E-state index in [2.05, 4.69) is 11.6 Å². The number of hydrogen-bond acceptors (Lipinski definition) is 3. The molecule has 1 aromatic carbocycles. The number of ether oxygens (including phenoxy) is 1. The van der Waals surface area contributed by atoms with E-state index in [1.807, 2.05) is 0 Å². The highest BCUT2D eigenvalue weighted by atomic mass is 32.2. The van der Waals surface area contributed by atoms with Crippen LogP contribution < -0.4 is 9.46 Å². The highest BCUT2D eigenvalue weighted by molar-refractivity contribution is 7.89. The van der Waals surface area contributed by atoms with E-state index in [4.69, 9.17) is 4.74 Å². The normalized spacial score (nSPS) is 11.5. The predicted molar refractivity (Wildman–Crippen MR) is 90.8 cm³/mol.